The van der Waals surface area contributed by atoms with Crippen LogP contribution >= 0.6 is 23.7 Å². The Balaban J connectivity index is 2.49. The number of hydrogen-bond acceptors (Lipinski definition) is 3. The normalized spacial score (nSPS) is 17.5. The summed E-state index contributed by atoms with van der Waals surface area (Å²) in [5.74, 6) is -0.202. The van der Waals surface area contributed by atoms with E-state index in [4.69, 9.17) is 16.3 Å². The molecule has 0 amide bonds. The van der Waals surface area contributed by atoms with Gasteiger partial charge in [0.2, 0.25) is 5.78 Å². The number of hydrogen-bond donors (Lipinski definition) is 0. The molecule has 1 aliphatic heterocycles. The number of carbonyl (C=O) groups excluding carboxylic acids is 1. The van der Waals surface area contributed by atoms with Gasteiger partial charge in [0.15, 0.2) is 5.76 Å². The van der Waals surface area contributed by atoms with E-state index < -0.39 is 0 Å². The van der Waals surface area contributed by atoms with Crippen molar-refractivity contribution < 1.29 is 13.4 Å². The van der Waals surface area contributed by atoms with E-state index in [1.807, 2.05) is 0 Å². The minimum absolute atomic E-state index is 0.102. The number of allylic oxidation sites excluding steroid dienone is 1. The lowest BCUT2D eigenvalue weighted by molar-refractivity contribution is 0.0865. The molecule has 0 saturated heterocycles. The first-order valence-corrected chi connectivity index (χ1v) is 5.31. The van der Waals surface area contributed by atoms with E-state index in [1.165, 1.54) is 6.07 Å². The number of ether oxygens (including phenoxy) is 1. The van der Waals surface area contributed by atoms with Crippen LogP contribution in [0.2, 0.25) is 0 Å². The predicted octanol–water partition coefficient (Wildman–Crippen LogP) is 3.46. The third-order valence-corrected chi connectivity index (χ3v) is 2.75. The second kappa shape index (κ2) is 4.24. The summed E-state index contributed by atoms with van der Waals surface area (Å²) in [5, 5.41) is 0. The molecule has 0 spiro atoms. The largest absolute Gasteiger partial charge is 0.484 e. The van der Waals surface area contributed by atoms with Crippen molar-refractivity contribution in [2.45, 2.75) is 11.5 Å². The number of benzene rings is 1. The smallest absolute Gasteiger partial charge is 0.228 e. The molecule has 0 saturated carbocycles. The fraction of sp³-hybridized carbons (Fsp3) is 0.100. The Bertz CT molecular complexity index is 445. The van der Waals surface area contributed by atoms with Gasteiger partial charge in [-0.05, 0) is 12.1 Å². The highest BCUT2D eigenvalue weighted by Crippen LogP contribution is 2.28. The van der Waals surface area contributed by atoms with Crippen LogP contribution < -0.4 is 0 Å². The van der Waals surface area contributed by atoms with E-state index in [-0.39, 0.29) is 30.3 Å². The SMILES string of the molecule is O=C1C(=CCl)OCc2ccc(SF)cc21. The van der Waals surface area contributed by atoms with Crippen molar-refractivity contribution >= 4 is 29.5 Å². The van der Waals surface area contributed by atoms with Gasteiger partial charge in [-0.1, -0.05) is 17.7 Å². The molecule has 1 heterocycles. The number of Topliss-reactive ketones (excluding diaryl/α,β-unsaturated/α-hetero) is 1. The molecule has 0 unspecified atom stereocenters. The summed E-state index contributed by atoms with van der Waals surface area (Å²) in [7, 11) is 0. The van der Waals surface area contributed by atoms with E-state index >= 15 is 0 Å². The third-order valence-electron chi connectivity index (χ3n) is 2.12. The van der Waals surface area contributed by atoms with Gasteiger partial charge in [-0.15, -0.1) is 0 Å². The van der Waals surface area contributed by atoms with Crippen molar-refractivity contribution in [2.75, 3.05) is 0 Å². The summed E-state index contributed by atoms with van der Waals surface area (Å²) >= 11 is 5.54. The van der Waals surface area contributed by atoms with Gasteiger partial charge in [0.05, 0.1) is 17.7 Å². The molecule has 0 aromatic heterocycles. The average Bonchev–Trinajstić information content (AvgIpc) is 2.29. The first-order valence-electron chi connectivity index (χ1n) is 4.15. The maximum Gasteiger partial charge on any atom is 0.228 e. The van der Waals surface area contributed by atoms with Crippen LogP contribution in [-0.2, 0) is 11.3 Å². The Morgan fingerprint density at radius 1 is 1.53 bits per heavy atom. The quantitative estimate of drug-likeness (QED) is 0.708. The summed E-state index contributed by atoms with van der Waals surface area (Å²) in [6.07, 6.45) is 0. The molecule has 78 valence electrons. The first-order chi connectivity index (χ1) is 7.26. The lowest BCUT2D eigenvalue weighted by Gasteiger charge is -2.18. The molecule has 1 aromatic rings. The Kier molecular flexibility index (Phi) is 2.98. The fourth-order valence-corrected chi connectivity index (χ4v) is 1.82. The van der Waals surface area contributed by atoms with Crippen molar-refractivity contribution in [1.29, 1.82) is 0 Å². The second-order valence-corrected chi connectivity index (χ2v) is 3.83. The molecule has 2 nitrogen and oxygen atoms in total. The fourth-order valence-electron chi connectivity index (χ4n) is 1.38. The molecule has 0 aliphatic carbocycles. The van der Waals surface area contributed by atoms with Crippen LogP contribution in [0.5, 0.6) is 0 Å². The maximum atomic E-state index is 12.3. The monoisotopic (exact) mass is 244 g/mol. The van der Waals surface area contributed by atoms with Gasteiger partial charge < -0.3 is 4.74 Å². The van der Waals surface area contributed by atoms with E-state index in [2.05, 4.69) is 0 Å². The third kappa shape index (κ3) is 1.87. The molecule has 5 heteroatoms. The van der Waals surface area contributed by atoms with Gasteiger partial charge >= 0.3 is 0 Å². The maximum absolute atomic E-state index is 12.3. The Hall–Kier alpha value is -1.00. The second-order valence-electron chi connectivity index (χ2n) is 2.99. The molecular weight excluding hydrogens is 239 g/mol. The van der Waals surface area contributed by atoms with Crippen LogP contribution in [-0.4, -0.2) is 5.78 Å². The van der Waals surface area contributed by atoms with Gasteiger partial charge in [-0.25, -0.2) is 0 Å². The molecule has 1 aliphatic rings. The van der Waals surface area contributed by atoms with Crippen LogP contribution in [0.15, 0.2) is 34.4 Å². The molecule has 1 aromatic carbocycles. The number of carbonyl (C=O) groups is 1. The van der Waals surface area contributed by atoms with Crippen LogP contribution in [0.25, 0.3) is 0 Å². The molecule has 0 radical (unpaired) electrons. The Morgan fingerprint density at radius 2 is 2.33 bits per heavy atom. The first kappa shape index (κ1) is 10.5. The zero-order valence-corrected chi connectivity index (χ0v) is 9.07. The van der Waals surface area contributed by atoms with Crippen molar-refractivity contribution in [2.24, 2.45) is 0 Å². The van der Waals surface area contributed by atoms with Crippen LogP contribution in [0.3, 0.4) is 0 Å². The summed E-state index contributed by atoms with van der Waals surface area (Å²) < 4.78 is 17.5. The molecule has 0 fully saturated rings. The van der Waals surface area contributed by atoms with E-state index in [0.29, 0.717) is 10.5 Å². The molecular formula is C10H6ClFO2S. The lowest BCUT2D eigenvalue weighted by atomic mass is 10.0. The number of rotatable bonds is 1. The number of halogens is 2. The molecule has 15 heavy (non-hydrogen) atoms. The average molecular weight is 245 g/mol. The van der Waals surface area contributed by atoms with Crippen LogP contribution in [0, 0.1) is 0 Å². The van der Waals surface area contributed by atoms with Gasteiger partial charge in [-0.3, -0.25) is 4.79 Å². The van der Waals surface area contributed by atoms with Crippen molar-refractivity contribution in [1.82, 2.24) is 0 Å². The van der Waals surface area contributed by atoms with Gasteiger partial charge in [0.25, 0.3) is 0 Å². The number of ketones is 1. The van der Waals surface area contributed by atoms with E-state index in [1.54, 1.807) is 12.1 Å². The Morgan fingerprint density at radius 3 is 3.00 bits per heavy atom. The Labute approximate surface area is 95.4 Å². The molecule has 0 N–H and O–H groups in total. The van der Waals surface area contributed by atoms with E-state index in [0.717, 1.165) is 11.1 Å². The summed E-state index contributed by atoms with van der Waals surface area (Å²) in [4.78, 5) is 12.1. The molecule has 2 rings (SSSR count). The van der Waals surface area contributed by atoms with Crippen molar-refractivity contribution in [3.63, 3.8) is 0 Å². The van der Waals surface area contributed by atoms with E-state index in [9.17, 15) is 8.68 Å². The molecule has 0 bridgehead atoms. The summed E-state index contributed by atoms with van der Waals surface area (Å²) in [6, 6.07) is 4.79. The van der Waals surface area contributed by atoms with Crippen molar-refractivity contribution in [3.05, 3.63) is 40.6 Å². The minimum Gasteiger partial charge on any atom is -0.484 e. The summed E-state index contributed by atoms with van der Waals surface area (Å²) in [6.45, 7) is 0.289. The highest BCUT2D eigenvalue weighted by atomic mass is 35.5. The van der Waals surface area contributed by atoms with Gasteiger partial charge in [0, 0.05) is 16.0 Å². The van der Waals surface area contributed by atoms with Gasteiger partial charge in [-0.2, -0.15) is 3.89 Å². The zero-order chi connectivity index (χ0) is 10.8. The highest BCUT2D eigenvalue weighted by molar-refractivity contribution is 7.94. The van der Waals surface area contributed by atoms with Crippen molar-refractivity contribution in [3.8, 4) is 0 Å². The topological polar surface area (TPSA) is 26.3 Å². The predicted molar refractivity (Wildman–Crippen MR) is 56.5 cm³/mol. The minimum atomic E-state index is -0.304. The standard InChI is InChI=1S/C10H6ClFO2S/c11-4-9-10(13)8-3-7(15-12)2-1-6(8)5-14-9/h1-4H,5H2. The number of fused-ring (bicyclic) bond motifs is 1. The van der Waals surface area contributed by atoms with Crippen LogP contribution in [0.1, 0.15) is 15.9 Å². The summed E-state index contributed by atoms with van der Waals surface area (Å²) in [5.41, 5.74) is 2.30. The van der Waals surface area contributed by atoms with Crippen LogP contribution in [0.4, 0.5) is 3.89 Å². The van der Waals surface area contributed by atoms with Gasteiger partial charge in [0.1, 0.15) is 6.61 Å². The lowest BCUT2D eigenvalue weighted by Crippen LogP contribution is -2.16. The zero-order valence-electron chi connectivity index (χ0n) is 7.50. The highest BCUT2D eigenvalue weighted by Gasteiger charge is 2.23. The molecule has 0 atom stereocenters.